The largest absolute Gasteiger partial charge is 0.348 e. The lowest BCUT2D eigenvalue weighted by atomic mass is 9.95. The fourth-order valence-electron chi connectivity index (χ4n) is 2.64. The van der Waals surface area contributed by atoms with Gasteiger partial charge in [0.2, 0.25) is 0 Å². The van der Waals surface area contributed by atoms with E-state index >= 15 is 0 Å². The Labute approximate surface area is 184 Å². The average molecular weight is 465 g/mol. The van der Waals surface area contributed by atoms with Crippen molar-refractivity contribution >= 4 is 44.0 Å². The zero-order valence-corrected chi connectivity index (χ0v) is 18.7. The summed E-state index contributed by atoms with van der Waals surface area (Å²) in [7, 11) is -3.90. The first-order valence-electron chi connectivity index (χ1n) is 8.94. The summed E-state index contributed by atoms with van der Waals surface area (Å²) in [6, 6.07) is 11.7. The third kappa shape index (κ3) is 5.37. The second kappa shape index (κ2) is 8.73. The molecule has 1 amide bonds. The van der Waals surface area contributed by atoms with Crippen molar-refractivity contribution in [3.8, 4) is 0 Å². The van der Waals surface area contributed by atoms with Gasteiger partial charge in [0.1, 0.15) is 4.90 Å². The number of carbonyl (C=O) groups is 1. The molecule has 0 unspecified atom stereocenters. The van der Waals surface area contributed by atoms with Crippen LogP contribution in [0.3, 0.4) is 0 Å². The summed E-state index contributed by atoms with van der Waals surface area (Å²) in [4.78, 5) is 16.2. The van der Waals surface area contributed by atoms with E-state index in [1.54, 1.807) is 5.38 Å². The maximum absolute atomic E-state index is 12.5. The fraction of sp³-hybridized carbons (Fsp3) is 0.200. The van der Waals surface area contributed by atoms with E-state index in [-0.39, 0.29) is 26.5 Å². The maximum atomic E-state index is 12.5. The first-order valence-corrected chi connectivity index (χ1v) is 11.7. The second-order valence-corrected chi connectivity index (χ2v) is 10.1. The van der Waals surface area contributed by atoms with Gasteiger partial charge in [0.15, 0.2) is 5.13 Å². The predicted molar refractivity (Wildman–Crippen MR) is 119 cm³/mol. The van der Waals surface area contributed by atoms with Gasteiger partial charge < -0.3 is 11.1 Å². The van der Waals surface area contributed by atoms with Crippen molar-refractivity contribution < 1.29 is 13.2 Å². The average Bonchev–Trinajstić information content (AvgIpc) is 3.17. The van der Waals surface area contributed by atoms with Crippen LogP contribution in [0.15, 0.2) is 58.9 Å². The lowest BCUT2D eigenvalue weighted by Crippen LogP contribution is -2.28. The minimum Gasteiger partial charge on any atom is -0.348 e. The van der Waals surface area contributed by atoms with Crippen LogP contribution in [0.2, 0.25) is 5.02 Å². The van der Waals surface area contributed by atoms with Crippen LogP contribution in [0.5, 0.6) is 0 Å². The van der Waals surface area contributed by atoms with Gasteiger partial charge in [-0.1, -0.05) is 35.9 Å². The van der Waals surface area contributed by atoms with Crippen molar-refractivity contribution in [3.05, 3.63) is 75.8 Å². The maximum Gasteiger partial charge on any atom is 0.265 e. The minimum absolute atomic E-state index is 0.0544. The lowest BCUT2D eigenvalue weighted by molar-refractivity contribution is 0.0951. The molecule has 0 saturated carbocycles. The van der Waals surface area contributed by atoms with Gasteiger partial charge in [-0.15, -0.1) is 11.3 Å². The van der Waals surface area contributed by atoms with Crippen molar-refractivity contribution in [1.29, 1.82) is 0 Å². The molecular weight excluding hydrogens is 444 g/mol. The summed E-state index contributed by atoms with van der Waals surface area (Å²) < 4.78 is 27.3. The van der Waals surface area contributed by atoms with E-state index in [1.807, 2.05) is 38.1 Å². The SMILES string of the molecule is CC(C)(N)c1ccc(CNC(=O)c2ccc(S(=O)(=O)Nc3nccs3)c(Cl)c2)cc1. The highest BCUT2D eigenvalue weighted by molar-refractivity contribution is 7.93. The number of aromatic nitrogens is 1. The third-order valence-electron chi connectivity index (χ3n) is 4.29. The summed E-state index contributed by atoms with van der Waals surface area (Å²) in [5, 5.41) is 4.62. The van der Waals surface area contributed by atoms with Crippen LogP contribution in [0.4, 0.5) is 5.13 Å². The van der Waals surface area contributed by atoms with Gasteiger partial charge in [-0.2, -0.15) is 0 Å². The standard InChI is InChI=1S/C20H21ClN4O3S2/c1-20(2,22)15-6-3-13(4-7-15)12-24-18(26)14-5-8-17(16(21)11-14)30(27,28)25-19-23-9-10-29-19/h3-11H,12,22H2,1-2H3,(H,23,25)(H,24,26). The number of hydrogen-bond donors (Lipinski definition) is 3. The van der Waals surface area contributed by atoms with Crippen LogP contribution in [-0.4, -0.2) is 19.3 Å². The number of amides is 1. The number of carbonyl (C=O) groups excluding carboxylic acids is 1. The second-order valence-electron chi connectivity index (χ2n) is 7.19. The first-order chi connectivity index (χ1) is 14.1. The molecule has 158 valence electrons. The molecule has 1 aromatic heterocycles. The van der Waals surface area contributed by atoms with Crippen LogP contribution < -0.4 is 15.8 Å². The van der Waals surface area contributed by atoms with Gasteiger partial charge in [-0.05, 0) is 43.2 Å². The molecule has 0 atom stereocenters. The lowest BCUT2D eigenvalue weighted by Gasteiger charge is -2.19. The van der Waals surface area contributed by atoms with Crippen LogP contribution in [0.25, 0.3) is 0 Å². The number of nitrogens with two attached hydrogens (primary N) is 1. The Morgan fingerprint density at radius 1 is 1.20 bits per heavy atom. The number of sulfonamides is 1. The van der Waals surface area contributed by atoms with Gasteiger partial charge in [0.05, 0.1) is 5.02 Å². The zero-order chi connectivity index (χ0) is 21.9. The van der Waals surface area contributed by atoms with E-state index in [0.717, 1.165) is 22.5 Å². The summed E-state index contributed by atoms with van der Waals surface area (Å²) in [5.74, 6) is -0.364. The van der Waals surface area contributed by atoms with E-state index in [1.165, 1.54) is 24.4 Å². The zero-order valence-electron chi connectivity index (χ0n) is 16.3. The van der Waals surface area contributed by atoms with Gasteiger partial charge in [-0.3, -0.25) is 9.52 Å². The van der Waals surface area contributed by atoms with Crippen molar-refractivity contribution in [2.75, 3.05) is 4.72 Å². The Hall–Kier alpha value is -2.46. The highest BCUT2D eigenvalue weighted by Crippen LogP contribution is 2.26. The normalized spacial score (nSPS) is 11.9. The molecule has 7 nitrogen and oxygen atoms in total. The van der Waals surface area contributed by atoms with Crippen molar-refractivity contribution in [2.45, 2.75) is 30.8 Å². The molecule has 10 heteroatoms. The molecule has 4 N–H and O–H groups in total. The number of nitrogens with zero attached hydrogens (tertiary/aromatic N) is 1. The molecule has 2 aromatic carbocycles. The smallest absolute Gasteiger partial charge is 0.265 e. The molecule has 0 aliphatic heterocycles. The molecule has 1 heterocycles. The molecular formula is C20H21ClN4O3S2. The van der Waals surface area contributed by atoms with E-state index in [2.05, 4.69) is 15.0 Å². The third-order valence-corrected chi connectivity index (χ3v) is 6.93. The number of benzene rings is 2. The topological polar surface area (TPSA) is 114 Å². The van der Waals surface area contributed by atoms with E-state index < -0.39 is 15.6 Å². The van der Waals surface area contributed by atoms with Crippen LogP contribution >= 0.6 is 22.9 Å². The van der Waals surface area contributed by atoms with E-state index in [4.69, 9.17) is 17.3 Å². The number of nitrogens with one attached hydrogen (secondary N) is 2. The van der Waals surface area contributed by atoms with Crippen molar-refractivity contribution in [1.82, 2.24) is 10.3 Å². The van der Waals surface area contributed by atoms with Gasteiger partial charge >= 0.3 is 0 Å². The number of anilines is 1. The number of hydrogen-bond acceptors (Lipinski definition) is 6. The van der Waals surface area contributed by atoms with E-state index in [0.29, 0.717) is 6.54 Å². The molecule has 0 aliphatic carbocycles. The molecule has 0 saturated heterocycles. The minimum atomic E-state index is -3.90. The monoisotopic (exact) mass is 464 g/mol. The molecule has 0 spiro atoms. The fourth-order valence-corrected chi connectivity index (χ4v) is 4.97. The predicted octanol–water partition coefficient (Wildman–Crippen LogP) is 3.72. The number of thiazole rings is 1. The number of halogens is 1. The molecule has 0 fully saturated rings. The molecule has 3 rings (SSSR count). The summed E-state index contributed by atoms with van der Waals surface area (Å²) >= 11 is 7.30. The molecule has 0 aliphatic rings. The quantitative estimate of drug-likeness (QED) is 0.493. The molecule has 0 bridgehead atoms. The Bertz CT molecular complexity index is 1140. The van der Waals surface area contributed by atoms with Gasteiger partial charge in [0, 0.05) is 29.2 Å². The Morgan fingerprint density at radius 3 is 2.47 bits per heavy atom. The van der Waals surface area contributed by atoms with Gasteiger partial charge in [-0.25, -0.2) is 13.4 Å². The Kier molecular flexibility index (Phi) is 6.47. The van der Waals surface area contributed by atoms with Crippen LogP contribution in [0.1, 0.15) is 35.3 Å². The van der Waals surface area contributed by atoms with Crippen LogP contribution in [-0.2, 0) is 22.1 Å². The van der Waals surface area contributed by atoms with Crippen LogP contribution in [0, 0.1) is 0 Å². The van der Waals surface area contributed by atoms with Crippen molar-refractivity contribution in [3.63, 3.8) is 0 Å². The molecule has 3 aromatic rings. The Morgan fingerprint density at radius 2 is 1.90 bits per heavy atom. The molecule has 30 heavy (non-hydrogen) atoms. The summed E-state index contributed by atoms with van der Waals surface area (Å²) in [6.45, 7) is 4.15. The summed E-state index contributed by atoms with van der Waals surface area (Å²) in [6.07, 6.45) is 1.49. The Balaban J connectivity index is 1.68. The van der Waals surface area contributed by atoms with E-state index in [9.17, 15) is 13.2 Å². The first kappa shape index (κ1) is 22.2. The number of rotatable bonds is 7. The summed E-state index contributed by atoms with van der Waals surface area (Å²) in [5.41, 5.74) is 7.79. The highest BCUT2D eigenvalue weighted by Gasteiger charge is 2.20. The van der Waals surface area contributed by atoms with Crippen molar-refractivity contribution in [2.24, 2.45) is 5.73 Å². The highest BCUT2D eigenvalue weighted by atomic mass is 35.5. The van der Waals surface area contributed by atoms with Gasteiger partial charge in [0.25, 0.3) is 15.9 Å². The molecule has 0 radical (unpaired) electrons.